The Morgan fingerprint density at radius 2 is 2.07 bits per heavy atom. The highest BCUT2D eigenvalue weighted by Crippen LogP contribution is 1.95. The third-order valence-electron chi connectivity index (χ3n) is 1.38. The van der Waals surface area contributed by atoms with Gasteiger partial charge in [-0.1, -0.05) is 0 Å². The van der Waals surface area contributed by atoms with Crippen molar-refractivity contribution >= 4 is 21.7 Å². The van der Waals surface area contributed by atoms with E-state index in [0.29, 0.717) is 0 Å². The molecule has 0 saturated carbocycles. The molecular weight excluding hydrogens is 224 g/mol. The lowest BCUT2D eigenvalue weighted by Crippen LogP contribution is -2.44. The van der Waals surface area contributed by atoms with E-state index in [2.05, 4.69) is 0 Å². The van der Waals surface area contributed by atoms with Crippen LogP contribution in [0.1, 0.15) is 6.92 Å². The molecule has 0 bridgehead atoms. The van der Waals surface area contributed by atoms with Crippen molar-refractivity contribution in [1.29, 1.82) is 5.26 Å². The van der Waals surface area contributed by atoms with E-state index in [1.54, 1.807) is 0 Å². The Kier molecular flexibility index (Phi) is 4.73. The van der Waals surface area contributed by atoms with Gasteiger partial charge in [-0.05, 0) is 0 Å². The number of carboxylic acid groups (broad SMARTS) is 1. The predicted octanol–water partition coefficient (Wildman–Crippen LogP) is -1.49. The lowest BCUT2D eigenvalue weighted by Gasteiger charge is -2.11. The number of carbonyl (C=O) groups is 2. The summed E-state index contributed by atoms with van der Waals surface area (Å²) in [4.78, 5) is 21.1. The molecular formula is C7H10N2O5S. The SMILES string of the molecule is CC(=O)NC(CS(=O)(=O)CC#N)C(=O)O. The molecule has 0 aromatic heterocycles. The van der Waals surface area contributed by atoms with Crippen molar-refractivity contribution in [2.45, 2.75) is 13.0 Å². The number of hydrogen-bond donors (Lipinski definition) is 2. The fraction of sp³-hybridized carbons (Fsp3) is 0.571. The molecule has 0 aliphatic carbocycles. The highest BCUT2D eigenvalue weighted by atomic mass is 32.2. The van der Waals surface area contributed by atoms with Crippen molar-refractivity contribution < 1.29 is 23.1 Å². The zero-order chi connectivity index (χ0) is 12.1. The second kappa shape index (κ2) is 5.31. The summed E-state index contributed by atoms with van der Waals surface area (Å²) in [6, 6.07) is -0.101. The first kappa shape index (κ1) is 13.4. The average Bonchev–Trinajstić information content (AvgIpc) is 2.00. The van der Waals surface area contributed by atoms with Gasteiger partial charge in [0.2, 0.25) is 5.91 Å². The van der Waals surface area contributed by atoms with Gasteiger partial charge >= 0.3 is 5.97 Å². The van der Waals surface area contributed by atoms with Crippen LogP contribution >= 0.6 is 0 Å². The minimum absolute atomic E-state index is 0.644. The van der Waals surface area contributed by atoms with Crippen LogP contribution in [0.2, 0.25) is 0 Å². The Morgan fingerprint density at radius 1 is 1.53 bits per heavy atom. The maximum absolute atomic E-state index is 11.1. The number of nitriles is 1. The van der Waals surface area contributed by atoms with Crippen molar-refractivity contribution in [3.05, 3.63) is 0 Å². The average molecular weight is 234 g/mol. The molecule has 0 heterocycles. The summed E-state index contributed by atoms with van der Waals surface area (Å²) in [7, 11) is -3.78. The summed E-state index contributed by atoms with van der Waals surface area (Å²) in [6.07, 6.45) is 0. The van der Waals surface area contributed by atoms with E-state index < -0.39 is 39.3 Å². The lowest BCUT2D eigenvalue weighted by molar-refractivity contribution is -0.140. The molecule has 0 radical (unpaired) electrons. The second-order valence-electron chi connectivity index (χ2n) is 2.80. The fourth-order valence-electron chi connectivity index (χ4n) is 0.831. The predicted molar refractivity (Wildman–Crippen MR) is 49.5 cm³/mol. The summed E-state index contributed by atoms with van der Waals surface area (Å²) < 4.78 is 22.2. The van der Waals surface area contributed by atoms with Crippen LogP contribution in [0.3, 0.4) is 0 Å². The van der Waals surface area contributed by atoms with Gasteiger partial charge in [0.15, 0.2) is 9.84 Å². The number of nitrogens with one attached hydrogen (secondary N) is 1. The molecule has 0 aliphatic rings. The van der Waals surface area contributed by atoms with Gasteiger partial charge < -0.3 is 10.4 Å². The summed E-state index contributed by atoms with van der Waals surface area (Å²) >= 11 is 0. The quantitative estimate of drug-likeness (QED) is 0.597. The molecule has 84 valence electrons. The molecule has 0 aromatic rings. The third-order valence-corrected chi connectivity index (χ3v) is 2.79. The minimum Gasteiger partial charge on any atom is -0.480 e. The van der Waals surface area contributed by atoms with Crippen molar-refractivity contribution in [3.8, 4) is 6.07 Å². The van der Waals surface area contributed by atoms with Crippen LogP contribution in [0.15, 0.2) is 0 Å². The highest BCUT2D eigenvalue weighted by Gasteiger charge is 2.25. The molecule has 8 heteroatoms. The summed E-state index contributed by atoms with van der Waals surface area (Å²) in [5.74, 6) is -3.65. The molecule has 0 fully saturated rings. The first-order valence-electron chi connectivity index (χ1n) is 3.86. The van der Waals surface area contributed by atoms with E-state index >= 15 is 0 Å². The Labute approximate surface area is 86.6 Å². The molecule has 0 aliphatic heterocycles. The van der Waals surface area contributed by atoms with E-state index in [1.165, 1.54) is 6.07 Å². The zero-order valence-electron chi connectivity index (χ0n) is 7.93. The largest absolute Gasteiger partial charge is 0.480 e. The molecule has 1 amide bonds. The third kappa shape index (κ3) is 5.64. The topological polar surface area (TPSA) is 124 Å². The minimum atomic E-state index is -3.78. The second-order valence-corrected chi connectivity index (χ2v) is 4.91. The monoisotopic (exact) mass is 234 g/mol. The summed E-state index contributed by atoms with van der Waals surface area (Å²) in [6.45, 7) is 1.08. The zero-order valence-corrected chi connectivity index (χ0v) is 8.74. The van der Waals surface area contributed by atoms with Gasteiger partial charge in [0, 0.05) is 6.92 Å². The number of amides is 1. The van der Waals surface area contributed by atoms with Crippen molar-refractivity contribution in [1.82, 2.24) is 5.32 Å². The van der Waals surface area contributed by atoms with E-state index in [1.807, 2.05) is 5.32 Å². The summed E-state index contributed by atoms with van der Waals surface area (Å²) in [5.41, 5.74) is 0. The fourth-order valence-corrected chi connectivity index (χ4v) is 1.88. The molecule has 7 nitrogen and oxygen atoms in total. The standard InChI is InChI=1S/C7H10N2O5S/c1-5(10)9-6(7(11)12)4-15(13,14)3-2-8/h6H,3-4H2,1H3,(H,9,10)(H,11,12). The van der Waals surface area contributed by atoms with Crippen LogP contribution in [0, 0.1) is 11.3 Å². The highest BCUT2D eigenvalue weighted by molar-refractivity contribution is 7.91. The van der Waals surface area contributed by atoms with Gasteiger partial charge in [0.1, 0.15) is 11.8 Å². The first-order chi connectivity index (χ1) is 6.78. The molecule has 1 atom stereocenters. The number of nitrogens with zero attached hydrogens (tertiary/aromatic N) is 1. The molecule has 0 saturated heterocycles. The van der Waals surface area contributed by atoms with Gasteiger partial charge in [-0.2, -0.15) is 5.26 Å². The Hall–Kier alpha value is -1.62. The molecule has 2 N–H and O–H groups in total. The van der Waals surface area contributed by atoms with E-state index in [-0.39, 0.29) is 0 Å². The molecule has 0 spiro atoms. The molecule has 0 rings (SSSR count). The smallest absolute Gasteiger partial charge is 0.327 e. The van der Waals surface area contributed by atoms with E-state index in [4.69, 9.17) is 10.4 Å². The summed E-state index contributed by atoms with van der Waals surface area (Å²) in [5, 5.41) is 18.7. The van der Waals surface area contributed by atoms with Gasteiger partial charge in [-0.3, -0.25) is 4.79 Å². The normalized spacial score (nSPS) is 12.5. The molecule has 15 heavy (non-hydrogen) atoms. The number of carboxylic acids is 1. The Morgan fingerprint density at radius 3 is 2.40 bits per heavy atom. The van der Waals surface area contributed by atoms with Gasteiger partial charge in [-0.15, -0.1) is 0 Å². The van der Waals surface area contributed by atoms with Gasteiger partial charge in [-0.25, -0.2) is 13.2 Å². The van der Waals surface area contributed by atoms with E-state index in [9.17, 15) is 18.0 Å². The number of sulfone groups is 1. The number of rotatable bonds is 5. The molecule has 0 aromatic carbocycles. The number of aliphatic carboxylic acids is 1. The number of hydrogen-bond acceptors (Lipinski definition) is 5. The van der Waals surface area contributed by atoms with Crippen molar-refractivity contribution in [2.75, 3.05) is 11.5 Å². The van der Waals surface area contributed by atoms with Gasteiger partial charge in [0.25, 0.3) is 0 Å². The van der Waals surface area contributed by atoms with Gasteiger partial charge in [0.05, 0.1) is 11.8 Å². The van der Waals surface area contributed by atoms with E-state index in [0.717, 1.165) is 6.92 Å². The van der Waals surface area contributed by atoms with Crippen LogP contribution in [0.4, 0.5) is 0 Å². The maximum atomic E-state index is 11.1. The van der Waals surface area contributed by atoms with Crippen LogP contribution in [0.25, 0.3) is 0 Å². The number of carbonyl (C=O) groups excluding carboxylic acids is 1. The van der Waals surface area contributed by atoms with Crippen LogP contribution in [-0.2, 0) is 19.4 Å². The lowest BCUT2D eigenvalue weighted by atomic mass is 10.3. The Balaban J connectivity index is 4.64. The van der Waals surface area contributed by atoms with Crippen LogP contribution in [-0.4, -0.2) is 42.9 Å². The van der Waals surface area contributed by atoms with Crippen LogP contribution in [0.5, 0.6) is 0 Å². The van der Waals surface area contributed by atoms with Crippen molar-refractivity contribution in [2.24, 2.45) is 0 Å². The first-order valence-corrected chi connectivity index (χ1v) is 5.68. The maximum Gasteiger partial charge on any atom is 0.327 e. The molecule has 1 unspecified atom stereocenters. The Bertz CT molecular complexity index is 394. The van der Waals surface area contributed by atoms with Crippen LogP contribution < -0.4 is 5.32 Å². The van der Waals surface area contributed by atoms with Crippen molar-refractivity contribution in [3.63, 3.8) is 0 Å².